The van der Waals surface area contributed by atoms with Gasteiger partial charge in [0.2, 0.25) is 5.91 Å². The fourth-order valence-electron chi connectivity index (χ4n) is 5.66. The Morgan fingerprint density at radius 3 is 2.16 bits per heavy atom. The van der Waals surface area contributed by atoms with Crippen LogP contribution < -0.4 is 0 Å². The number of aliphatic carboxylic acids is 3. The maximum Gasteiger partial charge on any atom is 0.336 e. The number of hydrogen-bond acceptors (Lipinski definition) is 8. The number of amides is 1. The van der Waals surface area contributed by atoms with Gasteiger partial charge in [-0.15, -0.1) is 0 Å². The average Bonchev–Trinajstić information content (AvgIpc) is 3.29. The SMILES string of the molecule is CN(C)C(=O)C(Cc1cccc(CO)c1)CN1CCC2(CC1)OCc1ccc(F)cc12.O=C(O)CC(O)(CC(=O)O)C(=O)O. The largest absolute Gasteiger partial charge is 0.481 e. The summed E-state index contributed by atoms with van der Waals surface area (Å²) in [6.07, 6.45) is -0.0566. The van der Waals surface area contributed by atoms with Crippen LogP contribution in [-0.4, -0.2) is 98.5 Å². The van der Waals surface area contributed by atoms with E-state index in [-0.39, 0.29) is 24.2 Å². The molecular formula is C31H39FN2O10. The van der Waals surface area contributed by atoms with Gasteiger partial charge in [-0.25, -0.2) is 9.18 Å². The predicted molar refractivity (Wildman–Crippen MR) is 154 cm³/mol. The van der Waals surface area contributed by atoms with E-state index in [4.69, 9.17) is 25.2 Å². The van der Waals surface area contributed by atoms with Crippen LogP contribution in [0.15, 0.2) is 42.5 Å². The number of hydrogen-bond donors (Lipinski definition) is 5. The number of carbonyl (C=O) groups excluding carboxylic acids is 1. The van der Waals surface area contributed by atoms with Gasteiger partial charge >= 0.3 is 17.9 Å². The van der Waals surface area contributed by atoms with E-state index < -0.39 is 42.0 Å². The second-order valence-corrected chi connectivity index (χ2v) is 11.5. The van der Waals surface area contributed by atoms with Crippen molar-refractivity contribution in [3.05, 3.63) is 70.5 Å². The van der Waals surface area contributed by atoms with Gasteiger partial charge in [-0.1, -0.05) is 30.3 Å². The summed E-state index contributed by atoms with van der Waals surface area (Å²) in [6.45, 7) is 2.83. The number of nitrogens with zero attached hydrogens (tertiary/aromatic N) is 2. The predicted octanol–water partition coefficient (Wildman–Crippen LogP) is 1.84. The van der Waals surface area contributed by atoms with Gasteiger partial charge in [-0.2, -0.15) is 0 Å². The molecule has 1 amide bonds. The first-order chi connectivity index (χ1) is 20.7. The van der Waals surface area contributed by atoms with Crippen LogP contribution in [-0.2, 0) is 49.2 Å². The topological polar surface area (TPSA) is 185 Å². The molecule has 0 radical (unpaired) electrons. The molecule has 0 aliphatic carbocycles. The van der Waals surface area contributed by atoms with Crippen LogP contribution >= 0.6 is 0 Å². The number of halogens is 1. The molecule has 2 aliphatic rings. The van der Waals surface area contributed by atoms with Crippen molar-refractivity contribution in [2.45, 2.75) is 56.5 Å². The number of carboxylic acids is 3. The molecule has 1 spiro atoms. The minimum atomic E-state index is -2.74. The number of benzene rings is 2. The van der Waals surface area contributed by atoms with Crippen molar-refractivity contribution in [3.63, 3.8) is 0 Å². The molecule has 1 unspecified atom stereocenters. The first-order valence-corrected chi connectivity index (χ1v) is 14.1. The van der Waals surface area contributed by atoms with Crippen LogP contribution in [0, 0.1) is 11.7 Å². The number of aliphatic hydroxyl groups is 2. The van der Waals surface area contributed by atoms with Crippen molar-refractivity contribution >= 4 is 23.8 Å². The fraction of sp³-hybridized carbons (Fsp3) is 0.484. The quantitative estimate of drug-likeness (QED) is 0.248. The van der Waals surface area contributed by atoms with Crippen LogP contribution in [0.4, 0.5) is 4.39 Å². The number of likely N-dealkylation sites (tertiary alicyclic amines) is 1. The Morgan fingerprint density at radius 1 is 1.00 bits per heavy atom. The maximum absolute atomic E-state index is 13.9. The van der Waals surface area contributed by atoms with E-state index >= 15 is 0 Å². The van der Waals surface area contributed by atoms with E-state index in [1.165, 1.54) is 6.07 Å². The molecule has 0 saturated carbocycles. The van der Waals surface area contributed by atoms with Crippen molar-refractivity contribution in [1.82, 2.24) is 9.80 Å². The van der Waals surface area contributed by atoms with Gasteiger partial charge < -0.3 is 40.1 Å². The Morgan fingerprint density at radius 2 is 1.61 bits per heavy atom. The van der Waals surface area contributed by atoms with Crippen molar-refractivity contribution in [2.24, 2.45) is 5.92 Å². The van der Waals surface area contributed by atoms with Crippen LogP contribution in [0.25, 0.3) is 0 Å². The molecule has 2 aromatic carbocycles. The molecule has 2 aliphatic heterocycles. The smallest absolute Gasteiger partial charge is 0.336 e. The minimum Gasteiger partial charge on any atom is -0.481 e. The molecule has 1 atom stereocenters. The van der Waals surface area contributed by atoms with E-state index in [2.05, 4.69) is 4.90 Å². The fourth-order valence-corrected chi connectivity index (χ4v) is 5.66. The lowest BCUT2D eigenvalue weighted by atomic mass is 9.83. The second-order valence-electron chi connectivity index (χ2n) is 11.5. The number of carboxylic acid groups (broad SMARTS) is 3. The highest BCUT2D eigenvalue weighted by atomic mass is 19.1. The first-order valence-electron chi connectivity index (χ1n) is 14.1. The van der Waals surface area contributed by atoms with Gasteiger partial charge in [0.1, 0.15) is 5.82 Å². The lowest BCUT2D eigenvalue weighted by Crippen LogP contribution is -2.46. The standard InChI is InChI=1S/C25H31FN2O3.C6H8O7/c1-27(2)24(30)21(13-18-4-3-5-19(12-18)16-29)15-28-10-8-25(9-11-28)23-14-22(26)7-6-20(23)17-31-25;7-3(8)1-6(13,5(11)12)2-4(9)10/h3-7,12,14,21,29H,8-11,13,15-17H2,1-2H3;13H,1-2H2,(H,7,8)(H,9,10)(H,11,12). The van der Waals surface area contributed by atoms with Gasteiger partial charge in [-0.3, -0.25) is 14.4 Å². The van der Waals surface area contributed by atoms with Crippen LogP contribution in [0.5, 0.6) is 0 Å². The molecule has 0 aromatic heterocycles. The summed E-state index contributed by atoms with van der Waals surface area (Å²) in [4.78, 5) is 47.4. The molecule has 5 N–H and O–H groups in total. The normalized spacial score (nSPS) is 16.4. The third kappa shape index (κ3) is 8.82. The van der Waals surface area contributed by atoms with Crippen molar-refractivity contribution in [2.75, 3.05) is 33.7 Å². The van der Waals surface area contributed by atoms with Crippen molar-refractivity contribution in [1.29, 1.82) is 0 Å². The minimum absolute atomic E-state index is 0.00356. The first kappa shape index (κ1) is 34.6. The number of piperidine rings is 1. The van der Waals surface area contributed by atoms with Gasteiger partial charge in [0.15, 0.2) is 5.60 Å². The zero-order chi connectivity index (χ0) is 32.7. The number of ether oxygens (including phenoxy) is 1. The van der Waals surface area contributed by atoms with Crippen LogP contribution in [0.1, 0.15) is 47.9 Å². The summed E-state index contributed by atoms with van der Waals surface area (Å²) in [5.41, 5.74) is 0.858. The summed E-state index contributed by atoms with van der Waals surface area (Å²) in [5.74, 6) is -5.28. The average molecular weight is 619 g/mol. The Balaban J connectivity index is 0.000000345. The highest BCUT2D eigenvalue weighted by Crippen LogP contribution is 2.44. The summed E-state index contributed by atoms with van der Waals surface area (Å²) >= 11 is 0. The van der Waals surface area contributed by atoms with E-state index in [0.717, 1.165) is 48.2 Å². The van der Waals surface area contributed by atoms with Crippen molar-refractivity contribution in [3.8, 4) is 0 Å². The Hall–Kier alpha value is -3.91. The molecule has 1 saturated heterocycles. The zero-order valence-electron chi connectivity index (χ0n) is 24.7. The van der Waals surface area contributed by atoms with Crippen LogP contribution in [0.3, 0.4) is 0 Å². The lowest BCUT2D eigenvalue weighted by molar-refractivity contribution is -0.170. The number of fused-ring (bicyclic) bond motifs is 2. The highest BCUT2D eigenvalue weighted by molar-refractivity contribution is 5.88. The van der Waals surface area contributed by atoms with E-state index in [1.54, 1.807) is 25.1 Å². The molecule has 0 bridgehead atoms. The van der Waals surface area contributed by atoms with Gasteiger partial charge in [0, 0.05) is 33.7 Å². The maximum atomic E-state index is 13.9. The lowest BCUT2D eigenvalue weighted by Gasteiger charge is -2.40. The monoisotopic (exact) mass is 618 g/mol. The number of aliphatic hydroxyl groups excluding tert-OH is 1. The second kappa shape index (κ2) is 14.7. The molecule has 2 heterocycles. The summed E-state index contributed by atoms with van der Waals surface area (Å²) in [5, 5.41) is 43.2. The molecule has 240 valence electrons. The summed E-state index contributed by atoms with van der Waals surface area (Å²) < 4.78 is 20.0. The zero-order valence-corrected chi connectivity index (χ0v) is 24.7. The molecular weight excluding hydrogens is 579 g/mol. The van der Waals surface area contributed by atoms with E-state index in [1.807, 2.05) is 30.3 Å². The number of rotatable bonds is 11. The Labute approximate surface area is 254 Å². The summed E-state index contributed by atoms with van der Waals surface area (Å²) in [6, 6.07) is 12.8. The van der Waals surface area contributed by atoms with E-state index in [9.17, 15) is 28.7 Å². The Kier molecular flexibility index (Phi) is 11.6. The molecule has 44 heavy (non-hydrogen) atoms. The highest BCUT2D eigenvalue weighted by Gasteiger charge is 2.43. The Bertz CT molecular complexity index is 1340. The molecule has 13 heteroatoms. The molecule has 4 rings (SSSR count). The summed E-state index contributed by atoms with van der Waals surface area (Å²) in [7, 11) is 3.59. The molecule has 1 fully saturated rings. The molecule has 12 nitrogen and oxygen atoms in total. The van der Waals surface area contributed by atoms with Gasteiger partial charge in [-0.05, 0) is 53.6 Å². The number of carbonyl (C=O) groups is 4. The van der Waals surface area contributed by atoms with Crippen LogP contribution in [0.2, 0.25) is 0 Å². The molecule has 2 aromatic rings. The van der Waals surface area contributed by atoms with Gasteiger partial charge in [0.05, 0.1) is 37.6 Å². The van der Waals surface area contributed by atoms with E-state index in [0.29, 0.717) is 19.6 Å². The third-order valence-electron chi connectivity index (χ3n) is 7.94. The van der Waals surface area contributed by atoms with Crippen molar-refractivity contribution < 1.29 is 53.8 Å². The van der Waals surface area contributed by atoms with Gasteiger partial charge in [0.25, 0.3) is 0 Å². The third-order valence-corrected chi connectivity index (χ3v) is 7.94.